The first kappa shape index (κ1) is 20.4. The number of aliphatic hydroxyl groups is 1. The van der Waals surface area contributed by atoms with Gasteiger partial charge in [0.05, 0.1) is 5.88 Å². The van der Waals surface area contributed by atoms with E-state index in [1.54, 1.807) is 30.3 Å². The van der Waals surface area contributed by atoms with Gasteiger partial charge < -0.3 is 14.6 Å². The maximum Gasteiger partial charge on any atom is 0.196 e. The zero-order valence-corrected chi connectivity index (χ0v) is 18.1. The molecule has 4 nitrogen and oxygen atoms in total. The quantitative estimate of drug-likeness (QED) is 0.538. The second-order valence-corrected chi connectivity index (χ2v) is 8.66. The van der Waals surface area contributed by atoms with Crippen molar-refractivity contribution >= 4 is 29.0 Å². The minimum absolute atomic E-state index is 0.160. The molecule has 0 aromatic heterocycles. The highest BCUT2D eigenvalue weighted by atomic mass is 35.5. The van der Waals surface area contributed by atoms with Gasteiger partial charge in [0.25, 0.3) is 0 Å². The highest BCUT2D eigenvalue weighted by molar-refractivity contribution is 6.30. The van der Waals surface area contributed by atoms with Gasteiger partial charge in [-0.15, -0.1) is 11.6 Å². The number of rotatable bonds is 5. The largest absolute Gasteiger partial charge is 0.492 e. The van der Waals surface area contributed by atoms with E-state index in [9.17, 15) is 9.90 Å². The average Bonchev–Trinajstić information content (AvgIpc) is 3.18. The molecule has 3 unspecified atom stereocenters. The number of carbonyl (C=O) groups excluding carboxylic acids is 1. The smallest absolute Gasteiger partial charge is 0.196 e. The third-order valence-electron chi connectivity index (χ3n) is 6.26. The minimum Gasteiger partial charge on any atom is -0.492 e. The lowest BCUT2D eigenvalue weighted by atomic mass is 9.71. The fourth-order valence-corrected chi connectivity index (χ4v) is 5.14. The topological polar surface area (TPSA) is 55.8 Å². The Hall–Kier alpha value is -2.53. The number of benzene rings is 3. The fourth-order valence-electron chi connectivity index (χ4n) is 4.94. The van der Waals surface area contributed by atoms with Crippen LogP contribution in [0.1, 0.15) is 29.0 Å². The summed E-state index contributed by atoms with van der Waals surface area (Å²) in [5.41, 5.74) is -1.08. The molecule has 1 aliphatic heterocycles. The molecule has 1 saturated carbocycles. The van der Waals surface area contributed by atoms with Crippen molar-refractivity contribution in [2.45, 2.75) is 23.5 Å². The van der Waals surface area contributed by atoms with Crippen molar-refractivity contribution in [1.82, 2.24) is 0 Å². The predicted octanol–water partition coefficient (Wildman–Crippen LogP) is 5.19. The van der Waals surface area contributed by atoms with Crippen LogP contribution in [0.3, 0.4) is 0 Å². The van der Waals surface area contributed by atoms with Gasteiger partial charge >= 0.3 is 0 Å². The molecule has 0 radical (unpaired) electrons. The SMILES string of the molecule is O=C1CC(c2ccccc2)C2(c3ccc(Cl)cc3)Oc3cc(OCCCl)ccc3C12O. The molecule has 5 rings (SSSR count). The summed E-state index contributed by atoms with van der Waals surface area (Å²) < 4.78 is 12.2. The van der Waals surface area contributed by atoms with E-state index >= 15 is 0 Å². The predicted molar refractivity (Wildman–Crippen MR) is 119 cm³/mol. The highest BCUT2D eigenvalue weighted by Crippen LogP contribution is 2.65. The molecule has 1 N–H and O–H groups in total. The number of alkyl halides is 1. The van der Waals surface area contributed by atoms with E-state index < -0.39 is 11.2 Å². The molecule has 0 bridgehead atoms. The maximum absolute atomic E-state index is 13.4. The van der Waals surface area contributed by atoms with Crippen LogP contribution in [-0.4, -0.2) is 23.4 Å². The molecule has 1 heterocycles. The molecular weight excluding hydrogens is 435 g/mol. The van der Waals surface area contributed by atoms with Crippen LogP contribution < -0.4 is 9.47 Å². The molecule has 0 spiro atoms. The van der Waals surface area contributed by atoms with Crippen molar-refractivity contribution in [2.24, 2.45) is 0 Å². The Labute approximate surface area is 190 Å². The van der Waals surface area contributed by atoms with Gasteiger partial charge in [-0.3, -0.25) is 4.79 Å². The van der Waals surface area contributed by atoms with Crippen LogP contribution in [0.15, 0.2) is 72.8 Å². The van der Waals surface area contributed by atoms with Crippen LogP contribution in [0.4, 0.5) is 0 Å². The van der Waals surface area contributed by atoms with E-state index in [0.717, 1.165) is 5.56 Å². The summed E-state index contributed by atoms with van der Waals surface area (Å²) in [7, 11) is 0. The second-order valence-electron chi connectivity index (χ2n) is 7.84. The van der Waals surface area contributed by atoms with Crippen LogP contribution in [-0.2, 0) is 16.0 Å². The second kappa shape index (κ2) is 7.56. The zero-order valence-electron chi connectivity index (χ0n) is 16.6. The van der Waals surface area contributed by atoms with Crippen molar-refractivity contribution in [3.8, 4) is 11.5 Å². The Kier molecular flexibility index (Phi) is 4.97. The summed E-state index contributed by atoms with van der Waals surface area (Å²) in [6.45, 7) is 0.346. The van der Waals surface area contributed by atoms with E-state index in [-0.39, 0.29) is 18.1 Å². The molecule has 3 atom stereocenters. The van der Waals surface area contributed by atoms with E-state index in [2.05, 4.69) is 0 Å². The highest BCUT2D eigenvalue weighted by Gasteiger charge is 2.73. The van der Waals surface area contributed by atoms with Crippen molar-refractivity contribution < 1.29 is 19.4 Å². The number of fused-ring (bicyclic) bond motifs is 3. The van der Waals surface area contributed by atoms with Gasteiger partial charge in [-0.05, 0) is 35.4 Å². The normalized spacial score (nSPS) is 26.3. The van der Waals surface area contributed by atoms with Crippen LogP contribution in [0, 0.1) is 0 Å². The Morgan fingerprint density at radius 1 is 1.06 bits per heavy atom. The molecule has 1 fully saturated rings. The van der Waals surface area contributed by atoms with E-state index in [0.29, 0.717) is 40.1 Å². The van der Waals surface area contributed by atoms with Crippen molar-refractivity contribution in [3.05, 3.63) is 94.5 Å². The molecule has 0 saturated heterocycles. The molecule has 158 valence electrons. The van der Waals surface area contributed by atoms with E-state index in [4.69, 9.17) is 32.7 Å². The van der Waals surface area contributed by atoms with Gasteiger partial charge in [-0.2, -0.15) is 0 Å². The standard InChI is InChI=1S/C25H20Cl2O4/c26-12-13-30-19-10-11-20-22(14-19)31-25(17-6-8-18(27)9-7-17)21(15-23(28)24(20,25)29)16-4-2-1-3-5-16/h1-11,14,21,29H,12-13,15H2. The molecule has 3 aromatic rings. The number of hydrogen-bond acceptors (Lipinski definition) is 4. The minimum atomic E-state index is -1.83. The number of Topliss-reactive ketones (excluding diaryl/α,β-unsaturated/α-hetero) is 1. The molecule has 0 amide bonds. The van der Waals surface area contributed by atoms with Crippen LogP contribution in [0.2, 0.25) is 5.02 Å². The van der Waals surface area contributed by atoms with Gasteiger partial charge in [0.15, 0.2) is 17.0 Å². The number of ether oxygens (including phenoxy) is 2. The van der Waals surface area contributed by atoms with Crippen LogP contribution >= 0.6 is 23.2 Å². The summed E-state index contributed by atoms with van der Waals surface area (Å²) in [5.74, 6) is 0.693. The summed E-state index contributed by atoms with van der Waals surface area (Å²) in [6.07, 6.45) is 0.160. The first-order valence-electron chi connectivity index (χ1n) is 10.1. The lowest BCUT2D eigenvalue weighted by molar-refractivity contribution is -0.151. The monoisotopic (exact) mass is 454 g/mol. The maximum atomic E-state index is 13.4. The van der Waals surface area contributed by atoms with E-state index in [1.807, 2.05) is 42.5 Å². The summed E-state index contributed by atoms with van der Waals surface area (Å²) in [6, 6.07) is 22.0. The average molecular weight is 455 g/mol. The van der Waals surface area contributed by atoms with Crippen LogP contribution in [0.5, 0.6) is 11.5 Å². The Morgan fingerprint density at radius 3 is 2.52 bits per heavy atom. The van der Waals surface area contributed by atoms with Gasteiger partial charge in [-0.25, -0.2) is 0 Å². The lowest BCUT2D eigenvalue weighted by Crippen LogP contribution is -2.50. The summed E-state index contributed by atoms with van der Waals surface area (Å²) in [5, 5.41) is 12.6. The van der Waals surface area contributed by atoms with Gasteiger partial charge in [0.2, 0.25) is 0 Å². The molecule has 31 heavy (non-hydrogen) atoms. The van der Waals surface area contributed by atoms with Crippen LogP contribution in [0.25, 0.3) is 0 Å². The fraction of sp³-hybridized carbons (Fsp3) is 0.240. The molecule has 2 aliphatic rings. The summed E-state index contributed by atoms with van der Waals surface area (Å²) >= 11 is 11.9. The Bertz CT molecular complexity index is 1130. The third kappa shape index (κ3) is 2.89. The van der Waals surface area contributed by atoms with Gasteiger partial charge in [0.1, 0.15) is 18.1 Å². The molecule has 1 aliphatic carbocycles. The third-order valence-corrected chi connectivity index (χ3v) is 6.66. The van der Waals surface area contributed by atoms with Gasteiger partial charge in [-0.1, -0.05) is 54.1 Å². The zero-order chi connectivity index (χ0) is 21.6. The Balaban J connectivity index is 1.72. The Morgan fingerprint density at radius 2 is 1.81 bits per heavy atom. The van der Waals surface area contributed by atoms with E-state index in [1.165, 1.54) is 0 Å². The molecular formula is C25H20Cl2O4. The number of halogens is 2. The first-order valence-corrected chi connectivity index (χ1v) is 11.0. The van der Waals surface area contributed by atoms with Crippen molar-refractivity contribution in [3.63, 3.8) is 0 Å². The van der Waals surface area contributed by atoms with Crippen molar-refractivity contribution in [1.29, 1.82) is 0 Å². The number of hydrogen-bond donors (Lipinski definition) is 1. The summed E-state index contributed by atoms with van der Waals surface area (Å²) in [4.78, 5) is 13.4. The first-order chi connectivity index (χ1) is 15.0. The van der Waals surface area contributed by atoms with Gasteiger partial charge in [0, 0.05) is 29.0 Å². The van der Waals surface area contributed by atoms with Crippen molar-refractivity contribution in [2.75, 3.05) is 12.5 Å². The lowest BCUT2D eigenvalue weighted by Gasteiger charge is -2.39. The molecule has 6 heteroatoms. The number of carbonyl (C=O) groups is 1. The molecule has 3 aromatic carbocycles. The number of ketones is 1.